The molecule has 2 heterocycles. The second-order valence-electron chi connectivity index (χ2n) is 7.26. The van der Waals surface area contributed by atoms with Crippen LogP contribution in [0.25, 0.3) is 0 Å². The fourth-order valence-electron chi connectivity index (χ4n) is 4.13. The van der Waals surface area contributed by atoms with E-state index < -0.39 is 0 Å². The molecule has 1 saturated heterocycles. The van der Waals surface area contributed by atoms with E-state index >= 15 is 0 Å². The van der Waals surface area contributed by atoms with Crippen LogP contribution >= 0.6 is 12.4 Å². The lowest BCUT2D eigenvalue weighted by atomic mass is 10.0. The van der Waals surface area contributed by atoms with Crippen molar-refractivity contribution >= 4 is 35.6 Å². The third-order valence-electron chi connectivity index (χ3n) is 5.47. The van der Waals surface area contributed by atoms with Crippen molar-refractivity contribution in [3.05, 3.63) is 60.2 Å². The van der Waals surface area contributed by atoms with Crippen molar-refractivity contribution in [2.45, 2.75) is 32.4 Å². The van der Waals surface area contributed by atoms with E-state index in [0.29, 0.717) is 17.8 Å². The Hall–Kier alpha value is -2.41. The number of carbonyl (C=O) groups excluding carboxylic acids is 2. The van der Waals surface area contributed by atoms with Gasteiger partial charge in [-0.05, 0) is 57.1 Å². The molecule has 0 aromatic heterocycles. The quantitative estimate of drug-likeness (QED) is 0.769. The van der Waals surface area contributed by atoms with Crippen LogP contribution in [0.1, 0.15) is 36.5 Å². The predicted molar refractivity (Wildman–Crippen MR) is 118 cm³/mol. The molecule has 2 aliphatic heterocycles. The monoisotopic (exact) mass is 417 g/mol. The molecule has 29 heavy (non-hydrogen) atoms. The molecule has 2 aromatic carbocycles. The summed E-state index contributed by atoms with van der Waals surface area (Å²) < 4.78 is 0. The summed E-state index contributed by atoms with van der Waals surface area (Å²) >= 11 is 0. The number of hydrogen-bond acceptors (Lipinski definition) is 3. The van der Waals surface area contributed by atoms with Gasteiger partial charge in [0.15, 0.2) is 0 Å². The topological polar surface area (TPSA) is 75.4 Å². The van der Waals surface area contributed by atoms with Crippen molar-refractivity contribution in [3.8, 4) is 0 Å². The highest BCUT2D eigenvalue weighted by Crippen LogP contribution is 2.34. The molecule has 7 heteroatoms. The van der Waals surface area contributed by atoms with Gasteiger partial charge in [0.1, 0.15) is 6.17 Å². The van der Waals surface area contributed by atoms with Gasteiger partial charge in [0.2, 0.25) is 5.91 Å². The predicted octanol–water partition coefficient (Wildman–Crippen LogP) is 3.11. The fraction of sp³-hybridized carbons (Fsp3) is 0.364. The Balaban J connectivity index is 0.00000150. The summed E-state index contributed by atoms with van der Waals surface area (Å²) in [6.45, 7) is 4.26. The number of piperidine rings is 1. The number of fused-ring (bicyclic) bond motifs is 1. The van der Waals surface area contributed by atoms with E-state index in [-0.39, 0.29) is 35.9 Å². The SMILES string of the molecule is CC1N(c2ccccc2)C(=O)c2ccccc2N1C(=O)CN1CCCCC1.Cl.O. The number of likely N-dealkylation sites (tertiary alicyclic amines) is 1. The van der Waals surface area contributed by atoms with Gasteiger partial charge in [-0.25, -0.2) is 0 Å². The van der Waals surface area contributed by atoms with Crippen LogP contribution in [0, 0.1) is 0 Å². The molecule has 4 rings (SSSR count). The van der Waals surface area contributed by atoms with Gasteiger partial charge < -0.3 is 5.48 Å². The molecule has 1 atom stereocenters. The Labute approximate surface area is 177 Å². The van der Waals surface area contributed by atoms with E-state index in [4.69, 9.17) is 0 Å². The minimum atomic E-state index is -0.368. The maximum atomic E-state index is 13.3. The Bertz CT molecular complexity index is 840. The highest BCUT2D eigenvalue weighted by molar-refractivity contribution is 6.16. The number of halogens is 1. The minimum Gasteiger partial charge on any atom is -0.412 e. The number of carbonyl (C=O) groups is 2. The Morgan fingerprint density at radius 3 is 2.28 bits per heavy atom. The second kappa shape index (κ2) is 9.87. The van der Waals surface area contributed by atoms with Crippen LogP contribution in [-0.2, 0) is 4.79 Å². The van der Waals surface area contributed by atoms with Crippen molar-refractivity contribution in [2.24, 2.45) is 0 Å². The van der Waals surface area contributed by atoms with Crippen LogP contribution in [0.4, 0.5) is 11.4 Å². The van der Waals surface area contributed by atoms with Crippen LogP contribution < -0.4 is 9.80 Å². The maximum absolute atomic E-state index is 13.3. The summed E-state index contributed by atoms with van der Waals surface area (Å²) in [4.78, 5) is 32.2. The van der Waals surface area contributed by atoms with Gasteiger partial charge in [0.25, 0.3) is 5.91 Å². The first-order valence-corrected chi connectivity index (χ1v) is 9.69. The third-order valence-corrected chi connectivity index (χ3v) is 5.47. The number of anilines is 2. The van der Waals surface area contributed by atoms with Crippen LogP contribution in [0.5, 0.6) is 0 Å². The Morgan fingerprint density at radius 2 is 1.59 bits per heavy atom. The van der Waals surface area contributed by atoms with E-state index in [2.05, 4.69) is 4.90 Å². The highest BCUT2D eigenvalue weighted by atomic mass is 35.5. The molecule has 0 saturated carbocycles. The van der Waals surface area contributed by atoms with Crippen LogP contribution in [0.3, 0.4) is 0 Å². The van der Waals surface area contributed by atoms with Crippen LogP contribution in [0.15, 0.2) is 54.6 Å². The molecule has 0 radical (unpaired) electrons. The molecular weight excluding hydrogens is 390 g/mol. The molecule has 2 aliphatic rings. The smallest absolute Gasteiger partial charge is 0.262 e. The summed E-state index contributed by atoms with van der Waals surface area (Å²) in [5.74, 6) is -0.0170. The van der Waals surface area contributed by atoms with E-state index in [0.717, 1.165) is 31.6 Å². The molecular formula is C22H28ClN3O3. The molecule has 1 unspecified atom stereocenters. The highest BCUT2D eigenvalue weighted by Gasteiger charge is 2.39. The number of amides is 2. The van der Waals surface area contributed by atoms with Crippen molar-refractivity contribution in [1.29, 1.82) is 0 Å². The fourth-order valence-corrected chi connectivity index (χ4v) is 4.13. The van der Waals surface area contributed by atoms with Crippen molar-refractivity contribution in [3.63, 3.8) is 0 Å². The maximum Gasteiger partial charge on any atom is 0.262 e. The Morgan fingerprint density at radius 1 is 0.966 bits per heavy atom. The number of hydrogen-bond donors (Lipinski definition) is 0. The Kier molecular flexibility index (Phi) is 7.79. The molecule has 156 valence electrons. The lowest BCUT2D eigenvalue weighted by Crippen LogP contribution is -2.58. The largest absolute Gasteiger partial charge is 0.412 e. The lowest BCUT2D eigenvalue weighted by Gasteiger charge is -2.43. The van der Waals surface area contributed by atoms with Gasteiger partial charge in [-0.3, -0.25) is 24.3 Å². The van der Waals surface area contributed by atoms with Crippen molar-refractivity contribution in [1.82, 2.24) is 4.90 Å². The zero-order valence-corrected chi connectivity index (χ0v) is 17.4. The van der Waals surface area contributed by atoms with E-state index in [1.165, 1.54) is 6.42 Å². The summed E-state index contributed by atoms with van der Waals surface area (Å²) in [5, 5.41) is 0. The summed E-state index contributed by atoms with van der Waals surface area (Å²) in [7, 11) is 0. The first-order valence-electron chi connectivity index (χ1n) is 9.69. The number of nitrogens with zero attached hydrogens (tertiary/aromatic N) is 3. The zero-order chi connectivity index (χ0) is 18.8. The average Bonchev–Trinajstić information content (AvgIpc) is 2.70. The molecule has 2 amide bonds. The van der Waals surface area contributed by atoms with Crippen LogP contribution in [0.2, 0.25) is 0 Å². The summed E-state index contributed by atoms with van der Waals surface area (Å²) in [6.07, 6.45) is 3.17. The number of para-hydroxylation sites is 2. The molecule has 1 fully saturated rings. The van der Waals surface area contributed by atoms with Crippen LogP contribution in [-0.4, -0.2) is 48.0 Å². The van der Waals surface area contributed by atoms with Gasteiger partial charge in [0.05, 0.1) is 17.8 Å². The van der Waals surface area contributed by atoms with Gasteiger partial charge >= 0.3 is 0 Å². The molecule has 2 N–H and O–H groups in total. The molecule has 2 aromatic rings. The van der Waals surface area contributed by atoms with Crippen molar-refractivity contribution < 1.29 is 15.1 Å². The number of benzene rings is 2. The first-order chi connectivity index (χ1) is 13.2. The first kappa shape index (κ1) is 22.9. The van der Waals surface area contributed by atoms with Gasteiger partial charge in [-0.15, -0.1) is 12.4 Å². The van der Waals surface area contributed by atoms with Gasteiger partial charge in [-0.2, -0.15) is 0 Å². The molecule has 6 nitrogen and oxygen atoms in total. The normalized spacial score (nSPS) is 19.1. The zero-order valence-electron chi connectivity index (χ0n) is 16.6. The third kappa shape index (κ3) is 4.45. The summed E-state index contributed by atoms with van der Waals surface area (Å²) in [6, 6.07) is 17.0. The average molecular weight is 418 g/mol. The van der Waals surface area contributed by atoms with E-state index in [1.54, 1.807) is 15.9 Å². The molecule has 0 spiro atoms. The second-order valence-corrected chi connectivity index (χ2v) is 7.26. The molecule has 0 bridgehead atoms. The lowest BCUT2D eigenvalue weighted by molar-refractivity contribution is -0.120. The van der Waals surface area contributed by atoms with Gasteiger partial charge in [0, 0.05) is 5.69 Å². The van der Waals surface area contributed by atoms with Gasteiger partial charge in [-0.1, -0.05) is 36.8 Å². The minimum absolute atomic E-state index is 0. The summed E-state index contributed by atoms with van der Waals surface area (Å²) in [5.41, 5.74) is 2.09. The van der Waals surface area contributed by atoms with E-state index in [9.17, 15) is 9.59 Å². The van der Waals surface area contributed by atoms with E-state index in [1.807, 2.05) is 55.5 Å². The standard InChI is InChI=1S/C22H25N3O2.ClH.H2O/c1-17-24(18-10-4-2-5-11-18)22(27)19-12-6-7-13-20(19)25(17)21(26)16-23-14-8-3-9-15-23;;/h2,4-7,10-13,17H,3,8-9,14-16H2,1H3;1H;1H2. The van der Waals surface area contributed by atoms with Crippen molar-refractivity contribution in [2.75, 3.05) is 29.4 Å². The number of rotatable bonds is 3. The molecule has 0 aliphatic carbocycles.